The first-order valence-corrected chi connectivity index (χ1v) is 5.96. The summed E-state index contributed by atoms with van der Waals surface area (Å²) in [5.41, 5.74) is 4.97. The molecule has 86 valence electrons. The summed E-state index contributed by atoms with van der Waals surface area (Å²) >= 11 is 0. The van der Waals surface area contributed by atoms with Crippen molar-refractivity contribution < 1.29 is 0 Å². The SMILES string of the molecule is C/C=C\C(=C/CC)c1n[nH]c2c1CNCC2. The molecule has 2 heterocycles. The first-order chi connectivity index (χ1) is 7.86. The maximum absolute atomic E-state index is 4.45. The van der Waals surface area contributed by atoms with Gasteiger partial charge in [-0.25, -0.2) is 0 Å². The summed E-state index contributed by atoms with van der Waals surface area (Å²) in [5.74, 6) is 0. The molecule has 0 saturated heterocycles. The number of nitrogens with one attached hydrogen (secondary N) is 2. The van der Waals surface area contributed by atoms with E-state index in [1.54, 1.807) is 0 Å². The molecule has 3 nitrogen and oxygen atoms in total. The monoisotopic (exact) mass is 217 g/mol. The molecular formula is C13H19N3. The molecule has 0 atom stereocenters. The zero-order valence-electron chi connectivity index (χ0n) is 10.0. The van der Waals surface area contributed by atoms with Gasteiger partial charge in [-0.1, -0.05) is 25.2 Å². The Morgan fingerprint density at radius 2 is 2.38 bits per heavy atom. The molecule has 0 radical (unpaired) electrons. The van der Waals surface area contributed by atoms with Gasteiger partial charge in [0, 0.05) is 30.8 Å². The second-order valence-corrected chi connectivity index (χ2v) is 4.02. The number of aromatic amines is 1. The molecule has 16 heavy (non-hydrogen) atoms. The number of nitrogens with zero attached hydrogens (tertiary/aromatic N) is 1. The van der Waals surface area contributed by atoms with Crippen LogP contribution in [-0.2, 0) is 13.0 Å². The van der Waals surface area contributed by atoms with Crippen molar-refractivity contribution in [3.8, 4) is 0 Å². The first kappa shape index (κ1) is 11.1. The Kier molecular flexibility index (Phi) is 3.57. The highest BCUT2D eigenvalue weighted by Crippen LogP contribution is 2.23. The van der Waals surface area contributed by atoms with Gasteiger partial charge in [0.05, 0.1) is 5.69 Å². The maximum Gasteiger partial charge on any atom is 0.0965 e. The highest BCUT2D eigenvalue weighted by atomic mass is 15.1. The summed E-state index contributed by atoms with van der Waals surface area (Å²) in [5, 5.41) is 11.0. The number of rotatable bonds is 3. The summed E-state index contributed by atoms with van der Waals surface area (Å²) in [6.07, 6.45) is 8.52. The maximum atomic E-state index is 4.45. The van der Waals surface area contributed by atoms with Crippen molar-refractivity contribution in [2.75, 3.05) is 6.54 Å². The minimum atomic E-state index is 0.930. The molecule has 3 heteroatoms. The van der Waals surface area contributed by atoms with E-state index in [0.717, 1.165) is 31.6 Å². The predicted octanol–water partition coefficient (Wildman–Crippen LogP) is 2.42. The quantitative estimate of drug-likeness (QED) is 0.763. The Balaban J connectivity index is 2.38. The second-order valence-electron chi connectivity index (χ2n) is 4.02. The number of hydrogen-bond acceptors (Lipinski definition) is 2. The van der Waals surface area contributed by atoms with Gasteiger partial charge in [-0.3, -0.25) is 5.10 Å². The zero-order valence-corrected chi connectivity index (χ0v) is 10.0. The average Bonchev–Trinajstić information content (AvgIpc) is 2.72. The predicted molar refractivity (Wildman–Crippen MR) is 67.1 cm³/mol. The number of H-pyrrole nitrogens is 1. The summed E-state index contributed by atoms with van der Waals surface area (Å²) in [7, 11) is 0. The van der Waals surface area contributed by atoms with Gasteiger partial charge in [0.15, 0.2) is 0 Å². The molecule has 2 rings (SSSR count). The molecule has 0 aliphatic carbocycles. The largest absolute Gasteiger partial charge is 0.312 e. The lowest BCUT2D eigenvalue weighted by atomic mass is 10.0. The van der Waals surface area contributed by atoms with Crippen LogP contribution in [0, 0.1) is 0 Å². The Morgan fingerprint density at radius 1 is 1.50 bits per heavy atom. The normalized spacial score (nSPS) is 16.8. The molecule has 1 aromatic rings. The number of fused-ring (bicyclic) bond motifs is 1. The van der Waals surface area contributed by atoms with Gasteiger partial charge in [-0.05, 0) is 18.9 Å². The van der Waals surface area contributed by atoms with Gasteiger partial charge in [0.25, 0.3) is 0 Å². The minimum absolute atomic E-state index is 0.930. The van der Waals surface area contributed by atoms with Crippen molar-refractivity contribution >= 4 is 5.57 Å². The van der Waals surface area contributed by atoms with Crippen molar-refractivity contribution in [1.29, 1.82) is 0 Å². The third-order valence-corrected chi connectivity index (χ3v) is 2.85. The Labute approximate surface area is 96.6 Å². The van der Waals surface area contributed by atoms with Crippen molar-refractivity contribution in [3.05, 3.63) is 35.2 Å². The molecule has 2 N–H and O–H groups in total. The lowest BCUT2D eigenvalue weighted by Gasteiger charge is -2.13. The van der Waals surface area contributed by atoms with Crippen LogP contribution in [-0.4, -0.2) is 16.7 Å². The fourth-order valence-corrected chi connectivity index (χ4v) is 2.11. The highest BCUT2D eigenvalue weighted by molar-refractivity contribution is 5.74. The van der Waals surface area contributed by atoms with Crippen molar-refractivity contribution in [1.82, 2.24) is 15.5 Å². The Morgan fingerprint density at radius 3 is 3.12 bits per heavy atom. The van der Waals surface area contributed by atoms with E-state index in [4.69, 9.17) is 0 Å². The highest BCUT2D eigenvalue weighted by Gasteiger charge is 2.17. The number of aromatic nitrogens is 2. The van der Waals surface area contributed by atoms with Gasteiger partial charge >= 0.3 is 0 Å². The topological polar surface area (TPSA) is 40.7 Å². The smallest absolute Gasteiger partial charge is 0.0965 e. The molecule has 0 bridgehead atoms. The average molecular weight is 217 g/mol. The van der Waals surface area contributed by atoms with Gasteiger partial charge in [-0.2, -0.15) is 5.10 Å². The number of hydrogen-bond donors (Lipinski definition) is 2. The lowest BCUT2D eigenvalue weighted by molar-refractivity contribution is 0.636. The van der Waals surface area contributed by atoms with E-state index in [9.17, 15) is 0 Å². The summed E-state index contributed by atoms with van der Waals surface area (Å²) in [6.45, 7) is 6.17. The molecule has 0 amide bonds. The Bertz CT molecular complexity index is 413. The van der Waals surface area contributed by atoms with Crippen LogP contribution in [0.3, 0.4) is 0 Å². The van der Waals surface area contributed by atoms with Gasteiger partial charge < -0.3 is 5.32 Å². The summed E-state index contributed by atoms with van der Waals surface area (Å²) in [6, 6.07) is 0. The third kappa shape index (κ3) is 2.09. The minimum Gasteiger partial charge on any atom is -0.312 e. The van der Waals surface area contributed by atoms with Crippen LogP contribution in [0.2, 0.25) is 0 Å². The van der Waals surface area contributed by atoms with E-state index < -0.39 is 0 Å². The van der Waals surface area contributed by atoms with E-state index in [0.29, 0.717) is 0 Å². The fraction of sp³-hybridized carbons (Fsp3) is 0.462. The second kappa shape index (κ2) is 5.12. The van der Waals surface area contributed by atoms with Crippen LogP contribution in [0.5, 0.6) is 0 Å². The van der Waals surface area contributed by atoms with E-state index in [1.807, 2.05) is 6.92 Å². The van der Waals surface area contributed by atoms with Crippen LogP contribution < -0.4 is 5.32 Å². The van der Waals surface area contributed by atoms with E-state index >= 15 is 0 Å². The fourth-order valence-electron chi connectivity index (χ4n) is 2.11. The third-order valence-electron chi connectivity index (χ3n) is 2.85. The van der Waals surface area contributed by atoms with Gasteiger partial charge in [0.1, 0.15) is 0 Å². The molecule has 0 spiro atoms. The van der Waals surface area contributed by atoms with Crippen LogP contribution in [0.1, 0.15) is 37.2 Å². The van der Waals surface area contributed by atoms with Crippen LogP contribution in [0.4, 0.5) is 0 Å². The Hall–Kier alpha value is -1.35. The van der Waals surface area contributed by atoms with Gasteiger partial charge in [0.2, 0.25) is 0 Å². The van der Waals surface area contributed by atoms with Crippen LogP contribution >= 0.6 is 0 Å². The van der Waals surface area contributed by atoms with Crippen LogP contribution in [0.15, 0.2) is 18.2 Å². The van der Waals surface area contributed by atoms with E-state index in [-0.39, 0.29) is 0 Å². The summed E-state index contributed by atoms with van der Waals surface area (Å²) < 4.78 is 0. The van der Waals surface area contributed by atoms with Crippen molar-refractivity contribution in [2.45, 2.75) is 33.2 Å². The standard InChI is InChI=1S/C13H19N3/c1-3-5-10(6-4-2)13-11-9-14-8-7-12(11)15-16-13/h3,5-6,14H,4,7-9H2,1-2H3,(H,15,16)/b5-3-,10-6+. The van der Waals surface area contributed by atoms with Crippen molar-refractivity contribution in [2.24, 2.45) is 0 Å². The first-order valence-electron chi connectivity index (χ1n) is 5.96. The molecule has 0 fully saturated rings. The molecule has 0 aromatic carbocycles. The molecule has 1 aromatic heterocycles. The molecule has 1 aliphatic rings. The molecular weight excluding hydrogens is 198 g/mol. The molecule has 0 saturated carbocycles. The van der Waals surface area contributed by atoms with Crippen molar-refractivity contribution in [3.63, 3.8) is 0 Å². The molecule has 0 unspecified atom stereocenters. The van der Waals surface area contributed by atoms with Gasteiger partial charge in [-0.15, -0.1) is 0 Å². The summed E-state index contributed by atoms with van der Waals surface area (Å²) in [4.78, 5) is 0. The number of allylic oxidation sites excluding steroid dienone is 4. The lowest BCUT2D eigenvalue weighted by Crippen LogP contribution is -2.23. The van der Waals surface area contributed by atoms with Crippen LogP contribution in [0.25, 0.3) is 5.57 Å². The van der Waals surface area contributed by atoms with E-state index in [1.165, 1.54) is 16.8 Å². The zero-order chi connectivity index (χ0) is 11.4. The van der Waals surface area contributed by atoms with E-state index in [2.05, 4.69) is 40.7 Å². The molecule has 1 aliphatic heterocycles.